The summed E-state index contributed by atoms with van der Waals surface area (Å²) >= 11 is 5.90. The molecule has 0 unspecified atom stereocenters. The Morgan fingerprint density at radius 3 is 2.18 bits per heavy atom. The highest BCUT2D eigenvalue weighted by molar-refractivity contribution is 7.89. The number of rotatable bonds is 12. The van der Waals surface area contributed by atoms with Crippen LogP contribution < -0.4 is 5.32 Å². The Bertz CT molecular complexity index is 1370. The minimum atomic E-state index is -4.04. The number of nitrogens with one attached hydrogen (secondary N) is 1. The van der Waals surface area contributed by atoms with Crippen LogP contribution in [-0.4, -0.2) is 55.6 Å². The van der Waals surface area contributed by atoms with E-state index in [2.05, 4.69) is 5.32 Å². The van der Waals surface area contributed by atoms with Crippen molar-refractivity contribution in [3.05, 3.63) is 101 Å². The lowest BCUT2D eigenvalue weighted by molar-refractivity contribution is -0.141. The summed E-state index contributed by atoms with van der Waals surface area (Å²) in [5, 5.41) is 3.26. The minimum absolute atomic E-state index is 0.0293. The number of carbonyl (C=O) groups excluding carboxylic acids is 2. The van der Waals surface area contributed by atoms with Gasteiger partial charge in [0, 0.05) is 37.1 Å². The molecule has 0 aliphatic rings. The van der Waals surface area contributed by atoms with Crippen LogP contribution in [0.2, 0.25) is 5.02 Å². The molecule has 1 atom stereocenters. The van der Waals surface area contributed by atoms with Gasteiger partial charge in [0.2, 0.25) is 21.8 Å². The molecule has 0 saturated carbocycles. The Morgan fingerprint density at radius 2 is 1.56 bits per heavy atom. The zero-order valence-corrected chi connectivity index (χ0v) is 23.8. The summed E-state index contributed by atoms with van der Waals surface area (Å²) in [6.45, 7) is 3.52. The van der Waals surface area contributed by atoms with Gasteiger partial charge in [0.05, 0.1) is 11.4 Å². The van der Waals surface area contributed by atoms with Gasteiger partial charge in [-0.15, -0.1) is 0 Å². The fraction of sp³-hybridized carbons (Fsp3) is 0.310. The zero-order valence-electron chi connectivity index (χ0n) is 22.2. The molecular formula is C29H33ClFN3O4S. The van der Waals surface area contributed by atoms with Gasteiger partial charge in [-0.2, -0.15) is 4.31 Å². The third kappa shape index (κ3) is 8.36. The summed E-state index contributed by atoms with van der Waals surface area (Å²) in [4.78, 5) is 28.5. The molecule has 0 fully saturated rings. The molecule has 0 spiro atoms. The topological polar surface area (TPSA) is 86.8 Å². The molecule has 3 aromatic rings. The first-order valence-corrected chi connectivity index (χ1v) is 14.4. The van der Waals surface area contributed by atoms with Crippen molar-refractivity contribution in [3.8, 4) is 0 Å². The molecule has 7 nitrogen and oxygen atoms in total. The fourth-order valence-electron chi connectivity index (χ4n) is 3.94. The normalized spacial score (nSPS) is 12.4. The number of hydrogen-bond acceptors (Lipinski definition) is 4. The van der Waals surface area contributed by atoms with E-state index in [4.69, 9.17) is 11.6 Å². The predicted molar refractivity (Wildman–Crippen MR) is 150 cm³/mol. The number of hydrogen-bond donors (Lipinski definition) is 1. The molecule has 39 heavy (non-hydrogen) atoms. The molecule has 1 N–H and O–H groups in total. The molecule has 0 radical (unpaired) electrons. The van der Waals surface area contributed by atoms with Gasteiger partial charge in [0.25, 0.3) is 0 Å². The van der Waals surface area contributed by atoms with E-state index in [-0.39, 0.29) is 29.3 Å². The quantitative estimate of drug-likeness (QED) is 0.345. The van der Waals surface area contributed by atoms with Crippen LogP contribution in [0, 0.1) is 11.7 Å². The second kappa shape index (κ2) is 13.7. The highest BCUT2D eigenvalue weighted by Gasteiger charge is 2.33. The van der Waals surface area contributed by atoms with Crippen LogP contribution >= 0.6 is 11.6 Å². The third-order valence-corrected chi connectivity index (χ3v) is 8.20. The van der Waals surface area contributed by atoms with Crippen LogP contribution in [0.5, 0.6) is 0 Å². The number of carbonyl (C=O) groups is 2. The van der Waals surface area contributed by atoms with Crippen molar-refractivity contribution in [1.82, 2.24) is 14.5 Å². The van der Waals surface area contributed by atoms with Gasteiger partial charge < -0.3 is 10.2 Å². The largest absolute Gasteiger partial charge is 0.354 e. The first-order valence-electron chi connectivity index (χ1n) is 12.6. The van der Waals surface area contributed by atoms with E-state index < -0.39 is 40.2 Å². The Hall–Kier alpha value is -3.27. The number of amides is 2. The Kier molecular flexibility index (Phi) is 10.6. The molecule has 10 heteroatoms. The number of halogens is 2. The highest BCUT2D eigenvalue weighted by Crippen LogP contribution is 2.20. The highest BCUT2D eigenvalue weighted by atomic mass is 35.5. The van der Waals surface area contributed by atoms with Crippen LogP contribution in [0.15, 0.2) is 83.8 Å². The molecule has 3 aromatic carbocycles. The smallest absolute Gasteiger partial charge is 0.243 e. The van der Waals surface area contributed by atoms with Gasteiger partial charge in [0.15, 0.2) is 0 Å². The lowest BCUT2D eigenvalue weighted by Gasteiger charge is -2.33. The Labute approximate surface area is 234 Å². The fourth-order valence-corrected chi connectivity index (χ4v) is 5.19. The Morgan fingerprint density at radius 1 is 0.949 bits per heavy atom. The second-order valence-electron chi connectivity index (χ2n) is 9.67. The maximum absolute atomic E-state index is 14.7. The van der Waals surface area contributed by atoms with E-state index in [0.717, 1.165) is 9.87 Å². The molecule has 0 aromatic heterocycles. The van der Waals surface area contributed by atoms with Crippen LogP contribution in [-0.2, 0) is 32.6 Å². The Balaban J connectivity index is 1.97. The molecule has 208 valence electrons. The maximum Gasteiger partial charge on any atom is 0.243 e. The van der Waals surface area contributed by atoms with E-state index in [1.54, 1.807) is 6.07 Å². The summed E-state index contributed by atoms with van der Waals surface area (Å²) in [5.41, 5.74) is 1.01. The summed E-state index contributed by atoms with van der Waals surface area (Å²) in [7, 11) is -2.75. The van der Waals surface area contributed by atoms with Crippen molar-refractivity contribution < 1.29 is 22.4 Å². The monoisotopic (exact) mass is 573 g/mol. The van der Waals surface area contributed by atoms with E-state index >= 15 is 0 Å². The molecule has 2 amide bonds. The summed E-state index contributed by atoms with van der Waals surface area (Å²) in [6, 6.07) is 19.8. The average molecular weight is 574 g/mol. The summed E-state index contributed by atoms with van der Waals surface area (Å²) in [5.74, 6) is -1.41. The molecule has 0 aliphatic carbocycles. The van der Waals surface area contributed by atoms with Crippen molar-refractivity contribution in [1.29, 1.82) is 0 Å². The summed E-state index contributed by atoms with van der Waals surface area (Å²) in [6.07, 6.45) is 0.165. The summed E-state index contributed by atoms with van der Waals surface area (Å²) < 4.78 is 41.9. The van der Waals surface area contributed by atoms with Crippen molar-refractivity contribution in [2.75, 3.05) is 20.1 Å². The van der Waals surface area contributed by atoms with E-state index in [1.165, 1.54) is 54.4 Å². The number of likely N-dealkylation sites (N-methyl/N-ethyl adjacent to an activating group) is 1. The molecule has 0 heterocycles. The van der Waals surface area contributed by atoms with Gasteiger partial charge in [0.1, 0.15) is 11.9 Å². The first-order chi connectivity index (χ1) is 18.5. The maximum atomic E-state index is 14.7. The lowest BCUT2D eigenvalue weighted by Crippen LogP contribution is -2.53. The molecule has 0 saturated heterocycles. The van der Waals surface area contributed by atoms with E-state index in [1.807, 2.05) is 44.2 Å². The van der Waals surface area contributed by atoms with Gasteiger partial charge in [-0.05, 0) is 41.8 Å². The predicted octanol–water partition coefficient (Wildman–Crippen LogP) is 4.51. The van der Waals surface area contributed by atoms with Crippen LogP contribution in [0.3, 0.4) is 0 Å². The van der Waals surface area contributed by atoms with Crippen LogP contribution in [0.1, 0.15) is 25.0 Å². The van der Waals surface area contributed by atoms with Crippen molar-refractivity contribution in [2.45, 2.75) is 37.8 Å². The van der Waals surface area contributed by atoms with Gasteiger partial charge >= 0.3 is 0 Å². The van der Waals surface area contributed by atoms with Gasteiger partial charge in [-0.3, -0.25) is 9.59 Å². The van der Waals surface area contributed by atoms with Crippen molar-refractivity contribution in [2.24, 2.45) is 5.92 Å². The van der Waals surface area contributed by atoms with E-state index in [0.29, 0.717) is 11.6 Å². The first kappa shape index (κ1) is 30.3. The molecule has 0 aliphatic heterocycles. The zero-order chi connectivity index (χ0) is 28.6. The van der Waals surface area contributed by atoms with Gasteiger partial charge in [-0.1, -0.05) is 74.0 Å². The number of sulfonamides is 1. The second-order valence-corrected chi connectivity index (χ2v) is 12.2. The third-order valence-electron chi connectivity index (χ3n) is 6.13. The standard InChI is InChI=1S/C29H33ClFN3O4S/c1-21(2)18-32-29(36)27(17-22-9-5-4-6-10-22)34(19-23-11-7-8-12-26(23)31)28(35)20-33(3)39(37,38)25-15-13-24(30)14-16-25/h4-16,21,27H,17-20H2,1-3H3,(H,32,36)/t27-/m0/s1. The molecular weight excluding hydrogens is 541 g/mol. The van der Waals surface area contributed by atoms with Crippen LogP contribution in [0.25, 0.3) is 0 Å². The lowest BCUT2D eigenvalue weighted by atomic mass is 10.0. The van der Waals surface area contributed by atoms with Crippen LogP contribution in [0.4, 0.5) is 4.39 Å². The average Bonchev–Trinajstić information content (AvgIpc) is 2.91. The van der Waals surface area contributed by atoms with E-state index in [9.17, 15) is 22.4 Å². The number of benzene rings is 3. The number of nitrogens with zero attached hydrogens (tertiary/aromatic N) is 2. The molecule has 3 rings (SSSR count). The SMILES string of the molecule is CC(C)CNC(=O)[C@H](Cc1ccccc1)N(Cc1ccccc1F)C(=O)CN(C)S(=O)(=O)c1ccc(Cl)cc1. The van der Waals surface area contributed by atoms with Crippen molar-refractivity contribution in [3.63, 3.8) is 0 Å². The molecule has 0 bridgehead atoms. The minimum Gasteiger partial charge on any atom is -0.354 e. The van der Waals surface area contributed by atoms with Crippen molar-refractivity contribution >= 4 is 33.4 Å². The van der Waals surface area contributed by atoms with Gasteiger partial charge in [-0.25, -0.2) is 12.8 Å².